The van der Waals surface area contributed by atoms with Crippen LogP contribution in [0.3, 0.4) is 0 Å². The number of rotatable bonds is 9. The van der Waals surface area contributed by atoms with E-state index in [4.69, 9.17) is 51.9 Å². The van der Waals surface area contributed by atoms with Crippen LogP contribution in [0.2, 0.25) is 10.0 Å². The Labute approximate surface area is 570 Å². The molecule has 0 aromatic heterocycles. The minimum atomic E-state index is -0.390. The SMILES string of the molecule is Cc1cc(C)c2c(c1)CC(=N\OCC(=O)N1CC=CC1)/C=C/CC/C=C/CCOC2=O.Cc1cc(C)c2c(c1Cl)CC(=N/OCC(=O)N1CCCC1)/C=C/CC/C=C/CCOC2=O.Cc1cc(C)c2c(c1Cl)CC(=N\OCC(=O)N1CCCC1)/C=C/CC/C=C/CCOC2=O. The number of cyclic esters (lactones) is 3. The standard InChI is InChI=1S/2C25H31ClN2O4.C25H30N2O4/c2*1-18-15-19(2)24(26)21-16-20(27-32-17-22(29)28-12-8-9-13-28)11-7-5-3-4-6-10-14-31-25(30)23(18)21;1-19-15-20(2)24-21(16-19)17-22(26-31-18-23(28)27-12-8-9-13-27)11-7-5-3-4-6-10-14-30-25(24)29/h2*4,6-7,11,15H,3,5,8-10,12-14,16-17H2,1-2H3;4,6-9,11,15-16H,3,5,10,12-14,17-18H2,1-2H3/b6-4+,11-7+,27-20+;6-4+,11-7+,27-20-;6-4+,11-7+,26-22-. The van der Waals surface area contributed by atoms with Crippen LogP contribution in [0.25, 0.3) is 0 Å². The Hall–Kier alpha value is -8.35. The molecule has 0 aliphatic carbocycles. The second-order valence-corrected chi connectivity index (χ2v) is 24.9. The Balaban J connectivity index is 0.000000201. The van der Waals surface area contributed by atoms with Gasteiger partial charge in [-0.25, -0.2) is 14.4 Å². The number of halogens is 2. The van der Waals surface area contributed by atoms with E-state index in [1.54, 1.807) is 14.7 Å². The van der Waals surface area contributed by atoms with Gasteiger partial charge in [-0.2, -0.15) is 0 Å². The zero-order valence-corrected chi connectivity index (χ0v) is 57.5. The van der Waals surface area contributed by atoms with E-state index in [-0.39, 0.29) is 43.5 Å². The summed E-state index contributed by atoms with van der Waals surface area (Å²) >= 11 is 13.3. The second kappa shape index (κ2) is 39.5. The van der Waals surface area contributed by atoms with Gasteiger partial charge in [0.25, 0.3) is 17.7 Å². The molecule has 508 valence electrons. The van der Waals surface area contributed by atoms with Crippen LogP contribution in [-0.4, -0.2) is 146 Å². The lowest BCUT2D eigenvalue weighted by molar-refractivity contribution is -0.135. The number of carbonyl (C=O) groups excluding carboxylic acids is 6. The fourth-order valence-electron chi connectivity index (χ4n) is 11.6. The topological polar surface area (TPSA) is 205 Å². The zero-order valence-electron chi connectivity index (χ0n) is 56.0. The van der Waals surface area contributed by atoms with E-state index in [0.29, 0.717) is 126 Å². The van der Waals surface area contributed by atoms with Gasteiger partial charge in [0.15, 0.2) is 19.8 Å². The second-order valence-electron chi connectivity index (χ2n) is 24.1. The van der Waals surface area contributed by atoms with E-state index in [1.807, 2.05) is 133 Å². The maximum atomic E-state index is 12.9. The predicted octanol–water partition coefficient (Wildman–Crippen LogP) is 14.0. The molecule has 20 heteroatoms. The monoisotopic (exact) mass is 1340 g/mol. The summed E-state index contributed by atoms with van der Waals surface area (Å²) in [5.41, 5.74) is 10.9. The van der Waals surface area contributed by atoms with Crippen molar-refractivity contribution in [1.82, 2.24) is 14.7 Å². The van der Waals surface area contributed by atoms with Crippen molar-refractivity contribution in [2.24, 2.45) is 15.5 Å². The van der Waals surface area contributed by atoms with Crippen LogP contribution in [0.4, 0.5) is 0 Å². The molecule has 0 unspecified atom stereocenters. The van der Waals surface area contributed by atoms with Crippen LogP contribution in [0.5, 0.6) is 0 Å². The number of fused-ring (bicyclic) bond motifs is 3. The molecule has 0 spiro atoms. The Morgan fingerprint density at radius 1 is 0.411 bits per heavy atom. The first-order chi connectivity index (χ1) is 46.0. The highest BCUT2D eigenvalue weighted by atomic mass is 35.5. The molecule has 0 atom stereocenters. The number of aryl methyl sites for hydroxylation is 6. The van der Waals surface area contributed by atoms with E-state index in [2.05, 4.69) is 33.7 Å². The molecule has 2 fully saturated rings. The van der Waals surface area contributed by atoms with Gasteiger partial charge >= 0.3 is 17.9 Å². The van der Waals surface area contributed by atoms with Crippen LogP contribution in [0, 0.1) is 41.5 Å². The number of oxime groups is 3. The van der Waals surface area contributed by atoms with E-state index in [9.17, 15) is 28.8 Å². The molecule has 6 aliphatic rings. The number of hydrogen-bond acceptors (Lipinski definition) is 15. The molecule has 0 radical (unpaired) electrons. The molecule has 3 aromatic rings. The fraction of sp³-hybridized carbons (Fsp3) is 0.453. The highest BCUT2D eigenvalue weighted by Gasteiger charge is 2.26. The third-order valence-electron chi connectivity index (χ3n) is 16.4. The van der Waals surface area contributed by atoms with Gasteiger partial charge < -0.3 is 43.4 Å². The lowest BCUT2D eigenvalue weighted by atomic mass is 9.94. The van der Waals surface area contributed by atoms with Crippen molar-refractivity contribution in [3.63, 3.8) is 0 Å². The normalized spacial score (nSPS) is 20.8. The van der Waals surface area contributed by atoms with Crippen molar-refractivity contribution in [1.29, 1.82) is 0 Å². The quantitative estimate of drug-likeness (QED) is 0.0849. The van der Waals surface area contributed by atoms with Crippen molar-refractivity contribution in [3.05, 3.63) is 186 Å². The van der Waals surface area contributed by atoms with E-state index in [0.717, 1.165) is 129 Å². The number of ether oxygens (including phenoxy) is 3. The average molecular weight is 1340 g/mol. The number of nitrogens with zero attached hydrogens (tertiary/aromatic N) is 6. The van der Waals surface area contributed by atoms with Gasteiger partial charge in [0.05, 0.1) is 53.6 Å². The van der Waals surface area contributed by atoms with Crippen molar-refractivity contribution in [2.45, 2.75) is 144 Å². The Bertz CT molecular complexity index is 3350. The maximum absolute atomic E-state index is 12.9. The molecule has 95 heavy (non-hydrogen) atoms. The minimum Gasteiger partial charge on any atom is -0.462 e. The maximum Gasteiger partial charge on any atom is 0.338 e. The Kier molecular flexibility index (Phi) is 30.8. The molecule has 9 rings (SSSR count). The van der Waals surface area contributed by atoms with Gasteiger partial charge in [-0.1, -0.05) is 135 Å². The van der Waals surface area contributed by atoms with Crippen molar-refractivity contribution >= 4 is 76.0 Å². The number of hydrogen-bond donors (Lipinski definition) is 0. The molecule has 2 saturated heterocycles. The molecule has 3 aromatic carbocycles. The molecule has 3 amide bonds. The molecular formula is C75H92Cl2N6O12. The molecule has 18 nitrogen and oxygen atoms in total. The van der Waals surface area contributed by atoms with Gasteiger partial charge in [-0.3, -0.25) is 14.4 Å². The van der Waals surface area contributed by atoms with Gasteiger partial charge in [0.2, 0.25) is 0 Å². The fourth-order valence-corrected chi connectivity index (χ4v) is 12.1. The lowest BCUT2D eigenvalue weighted by Crippen LogP contribution is -2.31. The number of likely N-dealkylation sites (tertiary alicyclic amines) is 2. The highest BCUT2D eigenvalue weighted by Crippen LogP contribution is 2.32. The third-order valence-corrected chi connectivity index (χ3v) is 17.5. The zero-order chi connectivity index (χ0) is 67.9. The van der Waals surface area contributed by atoms with Crippen molar-refractivity contribution < 1.29 is 57.5 Å². The number of esters is 3. The van der Waals surface area contributed by atoms with E-state index in [1.165, 1.54) is 0 Å². The van der Waals surface area contributed by atoms with Gasteiger partial charge in [0, 0.05) is 68.6 Å². The summed E-state index contributed by atoms with van der Waals surface area (Å²) in [6, 6.07) is 7.75. The van der Waals surface area contributed by atoms with Crippen LogP contribution in [0.15, 0.2) is 125 Å². The Morgan fingerprint density at radius 2 is 0.747 bits per heavy atom. The molecule has 0 N–H and O–H groups in total. The predicted molar refractivity (Wildman–Crippen MR) is 374 cm³/mol. The van der Waals surface area contributed by atoms with Crippen molar-refractivity contribution in [3.8, 4) is 0 Å². The number of allylic oxidation sites excluding steroid dienone is 9. The molecule has 0 bridgehead atoms. The third kappa shape index (κ3) is 23.8. The molecular weight excluding hydrogens is 1250 g/mol. The summed E-state index contributed by atoms with van der Waals surface area (Å²) in [4.78, 5) is 96.8. The van der Waals surface area contributed by atoms with Gasteiger partial charge in [-0.05, 0) is 188 Å². The summed E-state index contributed by atoms with van der Waals surface area (Å²) in [6.07, 6.45) is 40.4. The van der Waals surface area contributed by atoms with Gasteiger partial charge in [-0.15, -0.1) is 0 Å². The first-order valence-corrected chi connectivity index (χ1v) is 33.9. The Morgan fingerprint density at radius 3 is 1.15 bits per heavy atom. The van der Waals surface area contributed by atoms with Gasteiger partial charge in [0.1, 0.15) is 0 Å². The van der Waals surface area contributed by atoms with E-state index < -0.39 is 11.9 Å². The van der Waals surface area contributed by atoms with Crippen LogP contribution in [0.1, 0.15) is 165 Å². The summed E-state index contributed by atoms with van der Waals surface area (Å²) in [7, 11) is 0. The number of amides is 3. The van der Waals surface area contributed by atoms with E-state index >= 15 is 0 Å². The molecule has 0 saturated carbocycles. The first kappa shape index (κ1) is 74.1. The summed E-state index contributed by atoms with van der Waals surface area (Å²) in [5.74, 6) is -1.32. The largest absolute Gasteiger partial charge is 0.462 e. The summed E-state index contributed by atoms with van der Waals surface area (Å²) in [5, 5.41) is 13.8. The van der Waals surface area contributed by atoms with Crippen LogP contribution < -0.4 is 0 Å². The number of benzene rings is 3. The smallest absolute Gasteiger partial charge is 0.338 e. The minimum absolute atomic E-state index is 0.0597. The summed E-state index contributed by atoms with van der Waals surface area (Å²) in [6.45, 7) is 16.5. The highest BCUT2D eigenvalue weighted by molar-refractivity contribution is 6.33. The van der Waals surface area contributed by atoms with Crippen LogP contribution in [-0.2, 0) is 62.4 Å². The molecule has 6 heterocycles. The molecule has 6 aliphatic heterocycles. The van der Waals surface area contributed by atoms with Crippen LogP contribution >= 0.6 is 23.2 Å². The average Bonchev–Trinajstić information content (AvgIpc) is 1.18. The summed E-state index contributed by atoms with van der Waals surface area (Å²) < 4.78 is 16.5. The van der Waals surface area contributed by atoms with Crippen molar-refractivity contribution in [2.75, 3.05) is 78.9 Å². The number of carbonyl (C=O) groups is 6. The first-order valence-electron chi connectivity index (χ1n) is 33.2. The lowest BCUT2D eigenvalue weighted by Gasteiger charge is -2.16.